The van der Waals surface area contributed by atoms with E-state index in [0.717, 1.165) is 68.8 Å². The molecule has 5 nitrogen and oxygen atoms in total. The second kappa shape index (κ2) is 9.12. The number of nitrogens with zero attached hydrogens (tertiary/aromatic N) is 2. The van der Waals surface area contributed by atoms with E-state index in [1.165, 1.54) is 18.4 Å². The second-order valence-electron chi connectivity index (χ2n) is 8.61. The number of oxazole rings is 1. The molecule has 0 unspecified atom stereocenters. The molecule has 2 fully saturated rings. The summed E-state index contributed by atoms with van der Waals surface area (Å²) in [5, 5.41) is 3.27. The van der Waals surface area contributed by atoms with E-state index in [9.17, 15) is 4.79 Å². The number of likely N-dealkylation sites (tertiary alicyclic amines) is 1. The lowest BCUT2D eigenvalue weighted by Crippen LogP contribution is -2.43. The molecule has 1 aromatic carbocycles. The van der Waals surface area contributed by atoms with E-state index >= 15 is 0 Å². The van der Waals surface area contributed by atoms with E-state index in [4.69, 9.17) is 9.40 Å². The average molecular weight is 396 g/mol. The molecule has 4 rings (SSSR count). The first-order valence-electron chi connectivity index (χ1n) is 11.2. The maximum atomic E-state index is 12.5. The van der Waals surface area contributed by atoms with Crippen molar-refractivity contribution < 1.29 is 9.21 Å². The Hall–Kier alpha value is -2.14. The first kappa shape index (κ1) is 20.1. The van der Waals surface area contributed by atoms with Gasteiger partial charge in [-0.3, -0.25) is 9.69 Å². The summed E-state index contributed by atoms with van der Waals surface area (Å²) in [5.74, 6) is 2.02. The van der Waals surface area contributed by atoms with Gasteiger partial charge in [-0.05, 0) is 69.8 Å². The SMILES string of the molecule is CCc1ccc(-c2nc(CN3CCC(C(=O)NC4CCCC4)CC3)c(C)o2)cc1. The highest BCUT2D eigenvalue weighted by molar-refractivity contribution is 5.79. The Kier molecular flexibility index (Phi) is 6.34. The van der Waals surface area contributed by atoms with Crippen LogP contribution in [0.5, 0.6) is 0 Å². The zero-order valence-electron chi connectivity index (χ0n) is 17.7. The quantitative estimate of drug-likeness (QED) is 0.783. The van der Waals surface area contributed by atoms with Crippen molar-refractivity contribution in [2.45, 2.75) is 71.4 Å². The van der Waals surface area contributed by atoms with Crippen molar-refractivity contribution in [2.75, 3.05) is 13.1 Å². The maximum absolute atomic E-state index is 12.5. The van der Waals surface area contributed by atoms with Gasteiger partial charge in [0.2, 0.25) is 11.8 Å². The number of benzene rings is 1. The van der Waals surface area contributed by atoms with Crippen molar-refractivity contribution in [3.05, 3.63) is 41.3 Å². The minimum Gasteiger partial charge on any atom is -0.441 e. The Morgan fingerprint density at radius 1 is 1.14 bits per heavy atom. The molecule has 29 heavy (non-hydrogen) atoms. The van der Waals surface area contributed by atoms with Gasteiger partial charge in [0.15, 0.2) is 0 Å². The summed E-state index contributed by atoms with van der Waals surface area (Å²) >= 11 is 0. The Balaban J connectivity index is 1.31. The lowest BCUT2D eigenvalue weighted by molar-refractivity contribution is -0.127. The Morgan fingerprint density at radius 3 is 2.48 bits per heavy atom. The monoisotopic (exact) mass is 395 g/mol. The van der Waals surface area contributed by atoms with Crippen molar-refractivity contribution in [3.8, 4) is 11.5 Å². The third kappa shape index (κ3) is 4.89. The molecule has 2 aliphatic rings. The Bertz CT molecular complexity index is 813. The molecule has 0 atom stereocenters. The third-order valence-electron chi connectivity index (χ3n) is 6.54. The highest BCUT2D eigenvalue weighted by Crippen LogP contribution is 2.26. The van der Waals surface area contributed by atoms with E-state index in [2.05, 4.69) is 41.4 Å². The summed E-state index contributed by atoms with van der Waals surface area (Å²) in [7, 11) is 0. The number of carbonyl (C=O) groups excluding carboxylic acids is 1. The minimum atomic E-state index is 0.165. The van der Waals surface area contributed by atoms with Gasteiger partial charge < -0.3 is 9.73 Å². The predicted octanol–water partition coefficient (Wildman–Crippen LogP) is 4.48. The number of hydrogen-bond acceptors (Lipinski definition) is 4. The minimum absolute atomic E-state index is 0.165. The molecule has 1 amide bonds. The van der Waals surface area contributed by atoms with Gasteiger partial charge in [-0.2, -0.15) is 0 Å². The molecule has 1 aromatic heterocycles. The van der Waals surface area contributed by atoms with Gasteiger partial charge in [0.1, 0.15) is 5.76 Å². The van der Waals surface area contributed by atoms with Crippen LogP contribution in [-0.2, 0) is 17.8 Å². The summed E-state index contributed by atoms with van der Waals surface area (Å²) < 4.78 is 5.95. The number of nitrogens with one attached hydrogen (secondary N) is 1. The molecule has 1 aliphatic carbocycles. The van der Waals surface area contributed by atoms with Crippen LogP contribution < -0.4 is 5.32 Å². The van der Waals surface area contributed by atoms with Crippen LogP contribution in [0.25, 0.3) is 11.5 Å². The van der Waals surface area contributed by atoms with Gasteiger partial charge in [0, 0.05) is 24.1 Å². The zero-order chi connectivity index (χ0) is 20.2. The summed E-state index contributed by atoms with van der Waals surface area (Å²) in [6.45, 7) is 6.82. The molecule has 1 aliphatic heterocycles. The highest BCUT2D eigenvalue weighted by atomic mass is 16.4. The van der Waals surface area contributed by atoms with Crippen LogP contribution in [0.15, 0.2) is 28.7 Å². The number of amides is 1. The summed E-state index contributed by atoms with van der Waals surface area (Å²) in [4.78, 5) is 19.7. The fraction of sp³-hybridized carbons (Fsp3) is 0.583. The largest absolute Gasteiger partial charge is 0.441 e. The second-order valence-corrected chi connectivity index (χ2v) is 8.61. The summed E-state index contributed by atoms with van der Waals surface area (Å²) in [6.07, 6.45) is 7.71. The molecule has 2 aromatic rings. The number of piperidine rings is 1. The third-order valence-corrected chi connectivity index (χ3v) is 6.54. The van der Waals surface area contributed by atoms with Gasteiger partial charge in [0.25, 0.3) is 0 Å². The molecular weight excluding hydrogens is 362 g/mol. The fourth-order valence-corrected chi connectivity index (χ4v) is 4.54. The van der Waals surface area contributed by atoms with Crippen molar-refractivity contribution in [1.29, 1.82) is 0 Å². The molecule has 1 saturated carbocycles. The predicted molar refractivity (Wildman–Crippen MR) is 114 cm³/mol. The normalized spacial score (nSPS) is 19.0. The zero-order valence-corrected chi connectivity index (χ0v) is 17.7. The van der Waals surface area contributed by atoms with Gasteiger partial charge in [-0.1, -0.05) is 31.9 Å². The first-order valence-corrected chi connectivity index (χ1v) is 11.2. The van der Waals surface area contributed by atoms with Gasteiger partial charge in [0.05, 0.1) is 5.69 Å². The van der Waals surface area contributed by atoms with E-state index < -0.39 is 0 Å². The maximum Gasteiger partial charge on any atom is 0.226 e. The summed E-state index contributed by atoms with van der Waals surface area (Å²) in [6, 6.07) is 8.86. The van der Waals surface area contributed by atoms with Crippen molar-refractivity contribution in [3.63, 3.8) is 0 Å². The molecule has 0 radical (unpaired) electrons. The topological polar surface area (TPSA) is 58.4 Å². The lowest BCUT2D eigenvalue weighted by atomic mass is 9.95. The van der Waals surface area contributed by atoms with Crippen LogP contribution in [0.4, 0.5) is 0 Å². The van der Waals surface area contributed by atoms with Crippen molar-refractivity contribution in [2.24, 2.45) is 5.92 Å². The summed E-state index contributed by atoms with van der Waals surface area (Å²) in [5.41, 5.74) is 3.35. The van der Waals surface area contributed by atoms with Crippen molar-refractivity contribution >= 4 is 5.91 Å². The molecule has 0 spiro atoms. The molecule has 2 heterocycles. The number of hydrogen-bond donors (Lipinski definition) is 1. The lowest BCUT2D eigenvalue weighted by Gasteiger charge is -2.31. The standard InChI is InChI=1S/C24H33N3O2/c1-3-18-8-10-20(11-9-18)24-26-22(17(2)29-24)16-27-14-12-19(13-15-27)23(28)25-21-6-4-5-7-21/h8-11,19,21H,3-7,12-16H2,1-2H3,(H,25,28). The van der Waals surface area contributed by atoms with Crippen LogP contribution in [0.3, 0.4) is 0 Å². The molecule has 5 heteroatoms. The van der Waals surface area contributed by atoms with Gasteiger partial charge in [-0.15, -0.1) is 0 Å². The van der Waals surface area contributed by atoms with Crippen LogP contribution in [0.1, 0.15) is 62.5 Å². The van der Waals surface area contributed by atoms with E-state index in [1.807, 2.05) is 6.92 Å². The smallest absolute Gasteiger partial charge is 0.226 e. The number of rotatable bonds is 6. The average Bonchev–Trinajstić information content (AvgIpc) is 3.38. The van der Waals surface area contributed by atoms with E-state index in [-0.39, 0.29) is 11.8 Å². The van der Waals surface area contributed by atoms with Crippen LogP contribution in [0.2, 0.25) is 0 Å². The Labute approximate surface area is 173 Å². The number of aryl methyl sites for hydroxylation is 2. The Morgan fingerprint density at radius 2 is 1.83 bits per heavy atom. The van der Waals surface area contributed by atoms with E-state index in [1.54, 1.807) is 0 Å². The van der Waals surface area contributed by atoms with Crippen LogP contribution >= 0.6 is 0 Å². The van der Waals surface area contributed by atoms with Crippen LogP contribution in [-0.4, -0.2) is 34.9 Å². The number of aromatic nitrogens is 1. The van der Waals surface area contributed by atoms with Crippen molar-refractivity contribution in [1.82, 2.24) is 15.2 Å². The van der Waals surface area contributed by atoms with Gasteiger partial charge >= 0.3 is 0 Å². The molecular formula is C24H33N3O2. The molecule has 0 bridgehead atoms. The van der Waals surface area contributed by atoms with Crippen LogP contribution in [0, 0.1) is 12.8 Å². The fourth-order valence-electron chi connectivity index (χ4n) is 4.54. The first-order chi connectivity index (χ1) is 14.1. The molecule has 156 valence electrons. The molecule has 1 saturated heterocycles. The van der Waals surface area contributed by atoms with Gasteiger partial charge in [-0.25, -0.2) is 4.98 Å². The molecule has 1 N–H and O–H groups in total. The highest BCUT2D eigenvalue weighted by Gasteiger charge is 2.28. The number of carbonyl (C=O) groups is 1. The van der Waals surface area contributed by atoms with E-state index in [0.29, 0.717) is 11.9 Å².